The first kappa shape index (κ1) is 14.5. The molecule has 0 bridgehead atoms. The van der Waals surface area contributed by atoms with Crippen molar-refractivity contribution in [2.75, 3.05) is 19.7 Å². The molecule has 0 spiro atoms. The van der Waals surface area contributed by atoms with Gasteiger partial charge in [0, 0.05) is 19.7 Å². The smallest absolute Gasteiger partial charge is 0.243 e. The molecule has 3 rings (SSSR count). The summed E-state index contributed by atoms with van der Waals surface area (Å²) in [6.45, 7) is 1.12. The van der Waals surface area contributed by atoms with Crippen LogP contribution in [-0.2, 0) is 10.0 Å². The van der Waals surface area contributed by atoms with Gasteiger partial charge in [0.05, 0.1) is 4.90 Å². The number of nitrogens with zero attached hydrogens (tertiary/aromatic N) is 1. The molecule has 112 valence electrons. The highest BCUT2D eigenvalue weighted by molar-refractivity contribution is 7.89. The number of hydrogen-bond acceptors (Lipinski definition) is 3. The lowest BCUT2D eigenvalue weighted by atomic mass is 10.00. The maximum absolute atomic E-state index is 12.7. The van der Waals surface area contributed by atoms with Crippen LogP contribution in [0.25, 0.3) is 10.8 Å². The number of benzene rings is 2. The molecule has 1 N–H and O–H groups in total. The van der Waals surface area contributed by atoms with Crippen molar-refractivity contribution in [3.8, 4) is 0 Å². The Kier molecular flexibility index (Phi) is 3.97. The van der Waals surface area contributed by atoms with Gasteiger partial charge in [0.15, 0.2) is 0 Å². The quantitative estimate of drug-likeness (QED) is 0.946. The Morgan fingerprint density at radius 2 is 1.71 bits per heavy atom. The van der Waals surface area contributed by atoms with Crippen LogP contribution in [0.2, 0.25) is 0 Å². The fourth-order valence-electron chi connectivity index (χ4n) is 2.81. The zero-order valence-corrected chi connectivity index (χ0v) is 12.6. The van der Waals surface area contributed by atoms with E-state index in [1.807, 2.05) is 30.3 Å². The highest BCUT2D eigenvalue weighted by atomic mass is 32.2. The Morgan fingerprint density at radius 3 is 2.38 bits per heavy atom. The molecular formula is C16H19NO3S. The maximum atomic E-state index is 12.7. The molecule has 0 atom stereocenters. The molecule has 0 saturated carbocycles. The van der Waals surface area contributed by atoms with Crippen LogP contribution >= 0.6 is 0 Å². The standard InChI is InChI=1S/C16H19NO3S/c18-12-13-7-9-17(10-8-13)21(19,20)16-6-5-14-3-1-2-4-15(14)11-16/h1-6,11,13,18H,7-10,12H2. The fourth-order valence-corrected chi connectivity index (χ4v) is 4.31. The van der Waals surface area contributed by atoms with Gasteiger partial charge in [0.2, 0.25) is 10.0 Å². The summed E-state index contributed by atoms with van der Waals surface area (Å²) in [4.78, 5) is 0.351. The molecule has 1 heterocycles. The average Bonchev–Trinajstić information content (AvgIpc) is 2.54. The number of piperidine rings is 1. The van der Waals surface area contributed by atoms with Crippen LogP contribution in [0, 0.1) is 5.92 Å². The number of sulfonamides is 1. The summed E-state index contributed by atoms with van der Waals surface area (Å²) in [5.41, 5.74) is 0. The van der Waals surface area contributed by atoms with Gasteiger partial charge in [-0.25, -0.2) is 8.42 Å². The van der Waals surface area contributed by atoms with E-state index in [-0.39, 0.29) is 12.5 Å². The zero-order chi connectivity index (χ0) is 14.9. The molecule has 4 nitrogen and oxygen atoms in total. The summed E-state index contributed by atoms with van der Waals surface area (Å²) in [5, 5.41) is 11.1. The minimum absolute atomic E-state index is 0.143. The van der Waals surface area contributed by atoms with E-state index in [1.54, 1.807) is 12.1 Å². The Labute approximate surface area is 125 Å². The molecule has 1 aliphatic rings. The van der Waals surface area contributed by atoms with Crippen molar-refractivity contribution in [1.82, 2.24) is 4.31 Å². The second-order valence-corrected chi connectivity index (χ2v) is 7.48. The summed E-state index contributed by atoms with van der Waals surface area (Å²) in [7, 11) is -3.43. The van der Waals surface area contributed by atoms with Gasteiger partial charge in [-0.3, -0.25) is 0 Å². The Balaban J connectivity index is 1.89. The highest BCUT2D eigenvalue weighted by Gasteiger charge is 2.29. The first-order chi connectivity index (χ1) is 10.1. The lowest BCUT2D eigenvalue weighted by molar-refractivity contribution is 0.170. The molecular weight excluding hydrogens is 286 g/mol. The van der Waals surface area contributed by atoms with Gasteiger partial charge < -0.3 is 5.11 Å². The fraction of sp³-hybridized carbons (Fsp3) is 0.375. The van der Waals surface area contributed by atoms with E-state index in [0.717, 1.165) is 23.6 Å². The molecule has 1 fully saturated rings. The molecule has 0 aliphatic carbocycles. The van der Waals surface area contributed by atoms with E-state index in [9.17, 15) is 8.42 Å². The van der Waals surface area contributed by atoms with Gasteiger partial charge in [-0.05, 0) is 41.7 Å². The third-order valence-electron chi connectivity index (χ3n) is 4.19. The maximum Gasteiger partial charge on any atom is 0.243 e. The predicted octanol–water partition coefficient (Wildman–Crippen LogP) is 2.23. The van der Waals surface area contributed by atoms with Crippen molar-refractivity contribution in [3.05, 3.63) is 42.5 Å². The number of aliphatic hydroxyl groups is 1. The van der Waals surface area contributed by atoms with Crippen LogP contribution in [0.4, 0.5) is 0 Å². The molecule has 21 heavy (non-hydrogen) atoms. The second-order valence-electron chi connectivity index (χ2n) is 5.54. The van der Waals surface area contributed by atoms with Crippen LogP contribution in [0.5, 0.6) is 0 Å². The van der Waals surface area contributed by atoms with Gasteiger partial charge in [-0.1, -0.05) is 30.3 Å². The van der Waals surface area contributed by atoms with Gasteiger partial charge >= 0.3 is 0 Å². The van der Waals surface area contributed by atoms with Gasteiger partial charge in [-0.2, -0.15) is 4.31 Å². The van der Waals surface area contributed by atoms with Gasteiger partial charge in [0.1, 0.15) is 0 Å². The van der Waals surface area contributed by atoms with E-state index < -0.39 is 10.0 Å². The van der Waals surface area contributed by atoms with Gasteiger partial charge in [-0.15, -0.1) is 0 Å². The molecule has 2 aromatic carbocycles. The molecule has 2 aromatic rings. The number of aliphatic hydroxyl groups excluding tert-OH is 1. The summed E-state index contributed by atoms with van der Waals surface area (Å²) >= 11 is 0. The van der Waals surface area contributed by atoms with Crippen molar-refractivity contribution in [2.45, 2.75) is 17.7 Å². The molecule has 0 unspecified atom stereocenters. The predicted molar refractivity (Wildman–Crippen MR) is 82.5 cm³/mol. The molecule has 0 amide bonds. The van der Waals surface area contributed by atoms with Crippen molar-refractivity contribution in [1.29, 1.82) is 0 Å². The zero-order valence-electron chi connectivity index (χ0n) is 11.8. The first-order valence-corrected chi connectivity index (χ1v) is 8.65. The first-order valence-electron chi connectivity index (χ1n) is 7.21. The van der Waals surface area contributed by atoms with Crippen LogP contribution in [0.1, 0.15) is 12.8 Å². The second kappa shape index (κ2) is 5.75. The summed E-state index contributed by atoms with van der Waals surface area (Å²) in [6.07, 6.45) is 1.45. The summed E-state index contributed by atoms with van der Waals surface area (Å²) < 4.78 is 26.9. The third-order valence-corrected chi connectivity index (χ3v) is 6.09. The Bertz CT molecular complexity index is 734. The van der Waals surface area contributed by atoms with Crippen molar-refractivity contribution >= 4 is 20.8 Å². The normalized spacial score (nSPS) is 18.1. The number of hydrogen-bond donors (Lipinski definition) is 1. The van der Waals surface area contributed by atoms with Crippen LogP contribution in [0.3, 0.4) is 0 Å². The van der Waals surface area contributed by atoms with Crippen LogP contribution in [0.15, 0.2) is 47.4 Å². The van der Waals surface area contributed by atoms with Gasteiger partial charge in [0.25, 0.3) is 0 Å². The highest BCUT2D eigenvalue weighted by Crippen LogP contribution is 2.25. The van der Waals surface area contributed by atoms with E-state index in [1.165, 1.54) is 4.31 Å². The lowest BCUT2D eigenvalue weighted by Gasteiger charge is -2.30. The summed E-state index contributed by atoms with van der Waals surface area (Å²) in [6, 6.07) is 13.0. The Morgan fingerprint density at radius 1 is 1.05 bits per heavy atom. The largest absolute Gasteiger partial charge is 0.396 e. The monoisotopic (exact) mass is 305 g/mol. The summed E-state index contributed by atoms with van der Waals surface area (Å²) in [5.74, 6) is 0.230. The van der Waals surface area contributed by atoms with Crippen molar-refractivity contribution < 1.29 is 13.5 Å². The van der Waals surface area contributed by atoms with Crippen molar-refractivity contribution in [2.24, 2.45) is 5.92 Å². The minimum Gasteiger partial charge on any atom is -0.396 e. The van der Waals surface area contributed by atoms with Crippen LogP contribution in [-0.4, -0.2) is 37.5 Å². The number of rotatable bonds is 3. The molecule has 5 heteroatoms. The SMILES string of the molecule is O=S(=O)(c1ccc2ccccc2c1)N1CCC(CO)CC1. The van der Waals surface area contributed by atoms with E-state index >= 15 is 0 Å². The lowest BCUT2D eigenvalue weighted by Crippen LogP contribution is -2.39. The topological polar surface area (TPSA) is 57.6 Å². The van der Waals surface area contributed by atoms with E-state index in [0.29, 0.717) is 18.0 Å². The Hall–Kier alpha value is -1.43. The molecule has 1 aliphatic heterocycles. The minimum atomic E-state index is -3.43. The molecule has 0 aromatic heterocycles. The van der Waals surface area contributed by atoms with E-state index in [2.05, 4.69) is 0 Å². The van der Waals surface area contributed by atoms with Crippen LogP contribution < -0.4 is 0 Å². The molecule has 1 saturated heterocycles. The molecule has 0 radical (unpaired) electrons. The van der Waals surface area contributed by atoms with Crippen molar-refractivity contribution in [3.63, 3.8) is 0 Å². The number of fused-ring (bicyclic) bond motifs is 1. The third kappa shape index (κ3) is 2.81. The van der Waals surface area contributed by atoms with E-state index in [4.69, 9.17) is 5.11 Å². The average molecular weight is 305 g/mol.